The van der Waals surface area contributed by atoms with Crippen molar-refractivity contribution in [2.75, 3.05) is 0 Å². The van der Waals surface area contributed by atoms with E-state index >= 15 is 0 Å². The van der Waals surface area contributed by atoms with E-state index in [1.165, 1.54) is 5.56 Å². The summed E-state index contributed by atoms with van der Waals surface area (Å²) in [5.41, 5.74) is 2.89. The fraction of sp³-hybridized carbons (Fsp3) is 0.0833. The van der Waals surface area contributed by atoms with Gasteiger partial charge in [-0.05, 0) is 24.1 Å². The van der Waals surface area contributed by atoms with E-state index in [9.17, 15) is 0 Å². The molecule has 0 saturated carbocycles. The summed E-state index contributed by atoms with van der Waals surface area (Å²) in [6.45, 7) is 0. The molecule has 0 spiro atoms. The van der Waals surface area contributed by atoms with Crippen LogP contribution in [0.1, 0.15) is 16.8 Å². The van der Waals surface area contributed by atoms with Crippen molar-refractivity contribution < 1.29 is 0 Å². The summed E-state index contributed by atoms with van der Waals surface area (Å²) in [4.78, 5) is 6.94. The quantitative estimate of drug-likeness (QED) is 0.817. The number of hydrogen-bond donors (Lipinski definition) is 1. The van der Waals surface area contributed by atoms with Crippen LogP contribution < -0.4 is 0 Å². The van der Waals surface area contributed by atoms with Crippen molar-refractivity contribution in [3.63, 3.8) is 0 Å². The smallest absolute Gasteiger partial charge is 0.0991 e. The van der Waals surface area contributed by atoms with Crippen molar-refractivity contribution in [2.45, 2.75) is 6.42 Å². The minimum Gasteiger partial charge on any atom is -0.348 e. The van der Waals surface area contributed by atoms with Gasteiger partial charge in [-0.2, -0.15) is 5.26 Å². The van der Waals surface area contributed by atoms with E-state index in [2.05, 4.69) is 22.5 Å². The van der Waals surface area contributed by atoms with Crippen molar-refractivity contribution in [1.82, 2.24) is 9.97 Å². The monoisotopic (exact) mass is 196 g/mol. The molecule has 2 aromatic rings. The average molecular weight is 196 g/mol. The minimum absolute atomic E-state index is 0.695. The lowest BCUT2D eigenvalue weighted by atomic mass is 10.1. The topological polar surface area (TPSA) is 52.5 Å². The van der Waals surface area contributed by atoms with Crippen LogP contribution in [0.15, 0.2) is 36.8 Å². The molecule has 0 aliphatic carbocycles. The van der Waals surface area contributed by atoms with Gasteiger partial charge in [0.05, 0.1) is 18.0 Å². The van der Waals surface area contributed by atoms with Gasteiger partial charge in [-0.15, -0.1) is 0 Å². The van der Waals surface area contributed by atoms with Gasteiger partial charge in [0, 0.05) is 18.3 Å². The molecule has 3 heteroatoms. The highest BCUT2D eigenvalue weighted by atomic mass is 14.9. The van der Waals surface area contributed by atoms with Gasteiger partial charge in [0.15, 0.2) is 0 Å². The first-order valence-corrected chi connectivity index (χ1v) is 4.69. The number of aromatic amines is 1. The van der Waals surface area contributed by atoms with Crippen LogP contribution in [0.2, 0.25) is 0 Å². The third kappa shape index (κ3) is 2.44. The van der Waals surface area contributed by atoms with Crippen molar-refractivity contribution in [3.05, 3.63) is 60.0 Å². The Bertz CT molecular complexity index is 449. The van der Waals surface area contributed by atoms with Crippen LogP contribution in [0.4, 0.5) is 0 Å². The standard InChI is InChI=1S/C12H10N3/c13-7-11-3-1-10(2-4-11)5-6-12-8-14-9-15-12/h1-4,6,8-9H,5H2,(H,14,15). The molecule has 1 aromatic carbocycles. The maximum Gasteiger partial charge on any atom is 0.0991 e. The summed E-state index contributed by atoms with van der Waals surface area (Å²) >= 11 is 0. The molecular formula is C12H10N3. The Morgan fingerprint density at radius 3 is 2.73 bits per heavy atom. The Hall–Kier alpha value is -2.08. The SMILES string of the molecule is N#Cc1ccc(C[CH]c2cnc[nH]2)cc1. The Balaban J connectivity index is 1.97. The second-order valence-corrected chi connectivity index (χ2v) is 3.22. The fourth-order valence-corrected chi connectivity index (χ4v) is 1.32. The molecule has 0 unspecified atom stereocenters. The van der Waals surface area contributed by atoms with Gasteiger partial charge in [-0.1, -0.05) is 12.1 Å². The summed E-state index contributed by atoms with van der Waals surface area (Å²) in [7, 11) is 0. The second-order valence-electron chi connectivity index (χ2n) is 3.22. The van der Waals surface area contributed by atoms with E-state index < -0.39 is 0 Å². The van der Waals surface area contributed by atoms with Crippen molar-refractivity contribution in [2.24, 2.45) is 0 Å². The minimum atomic E-state index is 0.695. The first-order valence-electron chi connectivity index (χ1n) is 4.69. The fourth-order valence-electron chi connectivity index (χ4n) is 1.32. The number of aromatic nitrogens is 2. The van der Waals surface area contributed by atoms with Gasteiger partial charge < -0.3 is 4.98 Å². The maximum absolute atomic E-state index is 8.64. The van der Waals surface area contributed by atoms with Crippen LogP contribution in [0, 0.1) is 17.8 Å². The van der Waals surface area contributed by atoms with E-state index in [1.54, 1.807) is 12.5 Å². The lowest BCUT2D eigenvalue weighted by molar-refractivity contribution is 1.12. The number of rotatable bonds is 3. The predicted octanol–water partition coefficient (Wildman–Crippen LogP) is 2.08. The molecule has 0 amide bonds. The molecule has 0 bridgehead atoms. The van der Waals surface area contributed by atoms with Crippen LogP contribution in [0.5, 0.6) is 0 Å². The summed E-state index contributed by atoms with van der Waals surface area (Å²) in [6.07, 6.45) is 6.34. The first-order chi connectivity index (χ1) is 7.38. The lowest BCUT2D eigenvalue weighted by Gasteiger charge is -1.98. The Morgan fingerprint density at radius 1 is 1.33 bits per heavy atom. The van der Waals surface area contributed by atoms with Crippen LogP contribution in [-0.4, -0.2) is 9.97 Å². The van der Waals surface area contributed by atoms with Gasteiger partial charge in [0.2, 0.25) is 0 Å². The molecule has 3 nitrogen and oxygen atoms in total. The highest BCUT2D eigenvalue weighted by Crippen LogP contribution is 2.08. The van der Waals surface area contributed by atoms with Crippen LogP contribution >= 0.6 is 0 Å². The second kappa shape index (κ2) is 4.43. The Labute approximate surface area is 88.4 Å². The molecule has 2 rings (SSSR count). The summed E-state index contributed by atoms with van der Waals surface area (Å²) in [5.74, 6) is 0. The molecule has 1 radical (unpaired) electrons. The first kappa shape index (κ1) is 9.47. The van der Waals surface area contributed by atoms with Crippen molar-refractivity contribution in [3.8, 4) is 6.07 Å². The number of hydrogen-bond acceptors (Lipinski definition) is 2. The van der Waals surface area contributed by atoms with Crippen LogP contribution in [0.25, 0.3) is 0 Å². The van der Waals surface area contributed by atoms with Crippen molar-refractivity contribution >= 4 is 0 Å². The van der Waals surface area contributed by atoms with E-state index in [4.69, 9.17) is 5.26 Å². The number of imidazole rings is 1. The predicted molar refractivity (Wildman–Crippen MR) is 56.9 cm³/mol. The molecule has 0 aliphatic rings. The summed E-state index contributed by atoms with van der Waals surface area (Å²) in [5, 5.41) is 8.64. The molecule has 15 heavy (non-hydrogen) atoms. The van der Waals surface area contributed by atoms with Crippen LogP contribution in [0.3, 0.4) is 0 Å². The Kier molecular flexibility index (Phi) is 2.80. The molecule has 73 valence electrons. The van der Waals surface area contributed by atoms with Crippen molar-refractivity contribution in [1.29, 1.82) is 5.26 Å². The average Bonchev–Trinajstić information content (AvgIpc) is 2.80. The normalized spacial score (nSPS) is 9.80. The molecule has 1 N–H and O–H groups in total. The van der Waals surface area contributed by atoms with E-state index in [0.29, 0.717) is 5.56 Å². The molecular weight excluding hydrogens is 186 g/mol. The van der Waals surface area contributed by atoms with E-state index in [1.807, 2.05) is 24.3 Å². The highest BCUT2D eigenvalue weighted by Gasteiger charge is 1.97. The molecule has 1 aromatic heterocycles. The number of nitrogens with zero attached hydrogens (tertiary/aromatic N) is 2. The zero-order valence-corrected chi connectivity index (χ0v) is 8.14. The third-order valence-electron chi connectivity index (χ3n) is 2.16. The maximum atomic E-state index is 8.64. The van der Waals surface area contributed by atoms with E-state index in [-0.39, 0.29) is 0 Å². The number of benzene rings is 1. The summed E-state index contributed by atoms with van der Waals surface area (Å²) < 4.78 is 0. The third-order valence-corrected chi connectivity index (χ3v) is 2.16. The highest BCUT2D eigenvalue weighted by molar-refractivity contribution is 5.32. The van der Waals surface area contributed by atoms with Gasteiger partial charge in [0.1, 0.15) is 0 Å². The van der Waals surface area contributed by atoms with Gasteiger partial charge in [-0.3, -0.25) is 0 Å². The number of nitriles is 1. The Morgan fingerprint density at radius 2 is 2.13 bits per heavy atom. The number of nitrogens with one attached hydrogen (secondary N) is 1. The van der Waals surface area contributed by atoms with E-state index in [0.717, 1.165) is 12.1 Å². The molecule has 0 aliphatic heterocycles. The molecule has 0 saturated heterocycles. The number of H-pyrrole nitrogens is 1. The zero-order valence-electron chi connectivity index (χ0n) is 8.14. The lowest BCUT2D eigenvalue weighted by Crippen LogP contribution is -1.88. The molecule has 0 fully saturated rings. The zero-order chi connectivity index (χ0) is 10.5. The molecule has 1 heterocycles. The summed E-state index contributed by atoms with van der Waals surface area (Å²) in [6, 6.07) is 9.68. The van der Waals surface area contributed by atoms with Crippen LogP contribution in [-0.2, 0) is 6.42 Å². The van der Waals surface area contributed by atoms with Gasteiger partial charge in [0.25, 0.3) is 0 Å². The largest absolute Gasteiger partial charge is 0.348 e. The van der Waals surface area contributed by atoms with Gasteiger partial charge >= 0.3 is 0 Å². The van der Waals surface area contributed by atoms with Gasteiger partial charge in [-0.25, -0.2) is 4.98 Å². The molecule has 0 atom stereocenters.